The second-order valence-electron chi connectivity index (χ2n) is 5.68. The van der Waals surface area contributed by atoms with E-state index in [4.69, 9.17) is 0 Å². The zero-order valence-electron chi connectivity index (χ0n) is 13.2. The normalized spacial score (nSPS) is 14.4. The van der Waals surface area contributed by atoms with Gasteiger partial charge in [0.2, 0.25) is 0 Å². The molecule has 3 aromatic rings. The fourth-order valence-corrected chi connectivity index (χ4v) is 3.94. The van der Waals surface area contributed by atoms with Crippen LogP contribution in [0.1, 0.15) is 11.1 Å². The van der Waals surface area contributed by atoms with Crippen molar-refractivity contribution in [3.63, 3.8) is 0 Å². The summed E-state index contributed by atoms with van der Waals surface area (Å²) in [7, 11) is 0. The molecule has 0 aliphatic carbocycles. The number of halogens is 2. The van der Waals surface area contributed by atoms with Crippen LogP contribution >= 0.6 is 31.9 Å². The SMILES string of the molecule is O=C1Nc2ncc(-c3ccccn3)cc2/C1=C/c1cc(Br)c(O)c(Br)c1. The molecule has 1 aromatic carbocycles. The lowest BCUT2D eigenvalue weighted by Gasteiger charge is -2.05. The molecular formula is C19H11Br2N3O2. The molecule has 0 unspecified atom stereocenters. The quantitative estimate of drug-likeness (QED) is 0.522. The smallest absolute Gasteiger partial charge is 0.257 e. The lowest BCUT2D eigenvalue weighted by Crippen LogP contribution is -2.04. The lowest BCUT2D eigenvalue weighted by molar-refractivity contribution is -0.110. The number of phenolic OH excluding ortho intramolecular Hbond substituents is 1. The van der Waals surface area contributed by atoms with Gasteiger partial charge in [-0.25, -0.2) is 4.98 Å². The minimum atomic E-state index is -0.217. The highest BCUT2D eigenvalue weighted by Gasteiger charge is 2.26. The third-order valence-electron chi connectivity index (χ3n) is 3.97. The Morgan fingerprint density at radius 2 is 1.85 bits per heavy atom. The molecule has 0 saturated carbocycles. The number of carbonyl (C=O) groups excluding carboxylic acids is 1. The molecule has 0 spiro atoms. The average molecular weight is 473 g/mol. The number of amides is 1. The number of hydrogen-bond donors (Lipinski definition) is 2. The number of fused-ring (bicyclic) bond motifs is 1. The van der Waals surface area contributed by atoms with E-state index >= 15 is 0 Å². The van der Waals surface area contributed by atoms with E-state index in [2.05, 4.69) is 47.1 Å². The monoisotopic (exact) mass is 471 g/mol. The number of nitrogens with zero attached hydrogens (tertiary/aromatic N) is 2. The first-order chi connectivity index (χ1) is 12.5. The van der Waals surface area contributed by atoms with Crippen molar-refractivity contribution in [2.45, 2.75) is 0 Å². The van der Waals surface area contributed by atoms with Crippen molar-refractivity contribution < 1.29 is 9.90 Å². The molecule has 1 aliphatic heterocycles. The van der Waals surface area contributed by atoms with Crippen LogP contribution in [-0.2, 0) is 4.79 Å². The van der Waals surface area contributed by atoms with Crippen molar-refractivity contribution in [1.29, 1.82) is 0 Å². The molecule has 0 bridgehead atoms. The first-order valence-electron chi connectivity index (χ1n) is 7.66. The van der Waals surface area contributed by atoms with Gasteiger partial charge in [0.15, 0.2) is 0 Å². The van der Waals surface area contributed by atoms with Crippen LogP contribution in [0.15, 0.2) is 57.7 Å². The van der Waals surface area contributed by atoms with E-state index in [-0.39, 0.29) is 11.7 Å². The molecule has 0 atom stereocenters. The van der Waals surface area contributed by atoms with Crippen molar-refractivity contribution in [2.24, 2.45) is 0 Å². The summed E-state index contributed by atoms with van der Waals surface area (Å²) in [5.74, 6) is 0.423. The van der Waals surface area contributed by atoms with Crippen LogP contribution in [0.25, 0.3) is 22.9 Å². The van der Waals surface area contributed by atoms with Crippen molar-refractivity contribution in [3.05, 3.63) is 68.9 Å². The van der Waals surface area contributed by atoms with Crippen LogP contribution < -0.4 is 5.32 Å². The number of carbonyl (C=O) groups is 1. The van der Waals surface area contributed by atoms with Gasteiger partial charge in [-0.15, -0.1) is 0 Å². The van der Waals surface area contributed by atoms with Gasteiger partial charge in [-0.2, -0.15) is 0 Å². The van der Waals surface area contributed by atoms with Crippen molar-refractivity contribution in [3.8, 4) is 17.0 Å². The number of hydrogen-bond acceptors (Lipinski definition) is 4. The van der Waals surface area contributed by atoms with E-state index in [9.17, 15) is 9.90 Å². The topological polar surface area (TPSA) is 75.1 Å². The predicted octanol–water partition coefficient (Wildman–Crippen LogP) is 4.87. The average Bonchev–Trinajstić information content (AvgIpc) is 2.95. The zero-order valence-corrected chi connectivity index (χ0v) is 16.4. The molecule has 4 rings (SSSR count). The second kappa shape index (κ2) is 6.66. The van der Waals surface area contributed by atoms with Gasteiger partial charge in [0, 0.05) is 23.5 Å². The summed E-state index contributed by atoms with van der Waals surface area (Å²) in [6, 6.07) is 11.0. The van der Waals surface area contributed by atoms with Gasteiger partial charge < -0.3 is 10.4 Å². The van der Waals surface area contributed by atoms with Gasteiger partial charge in [0.25, 0.3) is 5.91 Å². The molecule has 2 N–H and O–H groups in total. The third-order valence-corrected chi connectivity index (χ3v) is 5.17. The summed E-state index contributed by atoms with van der Waals surface area (Å²) < 4.78 is 1.08. The summed E-state index contributed by atoms with van der Waals surface area (Å²) in [4.78, 5) is 21.1. The maximum atomic E-state index is 12.4. The predicted molar refractivity (Wildman–Crippen MR) is 107 cm³/mol. The molecule has 0 fully saturated rings. The first-order valence-corrected chi connectivity index (χ1v) is 9.24. The number of pyridine rings is 2. The minimum Gasteiger partial charge on any atom is -0.506 e. The Balaban J connectivity index is 1.82. The van der Waals surface area contributed by atoms with Gasteiger partial charge >= 0.3 is 0 Å². The third kappa shape index (κ3) is 3.04. The van der Waals surface area contributed by atoms with Crippen LogP contribution in [0.3, 0.4) is 0 Å². The maximum Gasteiger partial charge on any atom is 0.257 e. The number of anilines is 1. The summed E-state index contributed by atoms with van der Waals surface area (Å²) in [6.45, 7) is 0. The molecule has 7 heteroatoms. The fraction of sp³-hybridized carbons (Fsp3) is 0. The Kier molecular flexibility index (Phi) is 4.34. The fourth-order valence-electron chi connectivity index (χ4n) is 2.72. The van der Waals surface area contributed by atoms with Crippen LogP contribution in [0.4, 0.5) is 5.82 Å². The number of phenols is 1. The minimum absolute atomic E-state index is 0.113. The summed E-state index contributed by atoms with van der Waals surface area (Å²) in [5, 5.41) is 12.6. The molecule has 0 saturated heterocycles. The molecule has 1 amide bonds. The number of nitrogens with one attached hydrogen (secondary N) is 1. The van der Waals surface area contributed by atoms with Crippen LogP contribution in [0.2, 0.25) is 0 Å². The van der Waals surface area contributed by atoms with E-state index in [1.807, 2.05) is 24.3 Å². The van der Waals surface area contributed by atoms with E-state index in [1.54, 1.807) is 30.6 Å². The molecule has 5 nitrogen and oxygen atoms in total. The maximum absolute atomic E-state index is 12.4. The highest BCUT2D eigenvalue weighted by molar-refractivity contribution is 9.11. The van der Waals surface area contributed by atoms with Gasteiger partial charge in [-0.05, 0) is 73.8 Å². The number of rotatable bonds is 2. The lowest BCUT2D eigenvalue weighted by atomic mass is 10.0. The molecule has 26 heavy (non-hydrogen) atoms. The molecular weight excluding hydrogens is 462 g/mol. The Hall–Kier alpha value is -2.51. The van der Waals surface area contributed by atoms with Crippen molar-refractivity contribution >= 4 is 55.2 Å². The highest BCUT2D eigenvalue weighted by atomic mass is 79.9. The molecule has 1 aliphatic rings. The summed E-state index contributed by atoms with van der Waals surface area (Å²) >= 11 is 6.61. The molecule has 0 radical (unpaired) electrons. The van der Waals surface area contributed by atoms with Crippen LogP contribution in [-0.4, -0.2) is 21.0 Å². The Morgan fingerprint density at radius 3 is 2.54 bits per heavy atom. The number of aromatic nitrogens is 2. The Labute approximate surface area is 166 Å². The largest absolute Gasteiger partial charge is 0.506 e. The van der Waals surface area contributed by atoms with Crippen molar-refractivity contribution in [2.75, 3.05) is 5.32 Å². The van der Waals surface area contributed by atoms with Gasteiger partial charge in [0.1, 0.15) is 11.6 Å². The van der Waals surface area contributed by atoms with Gasteiger partial charge in [0.05, 0.1) is 20.2 Å². The van der Waals surface area contributed by atoms with Crippen molar-refractivity contribution in [1.82, 2.24) is 9.97 Å². The zero-order chi connectivity index (χ0) is 18.3. The van der Waals surface area contributed by atoms with Gasteiger partial charge in [-0.1, -0.05) is 6.07 Å². The number of benzene rings is 1. The molecule has 3 heterocycles. The molecule has 2 aromatic heterocycles. The summed E-state index contributed by atoms with van der Waals surface area (Å²) in [6.07, 6.45) is 5.17. The Bertz CT molecular complexity index is 1040. The van der Waals surface area contributed by atoms with Crippen LogP contribution in [0, 0.1) is 0 Å². The standard InChI is InChI=1S/C19H11Br2N3O2/c20-14-6-10(7-15(21)17(14)25)5-13-12-8-11(16-3-1-2-4-22-16)9-23-18(12)24-19(13)26/h1-9,25H,(H,23,24,26)/b13-5-. The van der Waals surface area contributed by atoms with Crippen LogP contribution in [0.5, 0.6) is 5.75 Å². The highest BCUT2D eigenvalue weighted by Crippen LogP contribution is 2.37. The first kappa shape index (κ1) is 16.9. The van der Waals surface area contributed by atoms with E-state index < -0.39 is 0 Å². The Morgan fingerprint density at radius 1 is 1.08 bits per heavy atom. The number of aromatic hydroxyl groups is 1. The van der Waals surface area contributed by atoms with E-state index in [0.717, 1.165) is 22.4 Å². The van der Waals surface area contributed by atoms with E-state index in [1.165, 1.54) is 0 Å². The summed E-state index contributed by atoms with van der Waals surface area (Å²) in [5.41, 5.74) is 3.62. The van der Waals surface area contributed by atoms with Gasteiger partial charge in [-0.3, -0.25) is 9.78 Å². The van der Waals surface area contributed by atoms with E-state index in [0.29, 0.717) is 20.3 Å². The second-order valence-corrected chi connectivity index (χ2v) is 7.39. The molecule has 128 valence electrons.